The zero-order valence-electron chi connectivity index (χ0n) is 20.1. The van der Waals surface area contributed by atoms with Crippen LogP contribution in [0, 0.1) is 0 Å². The van der Waals surface area contributed by atoms with Crippen LogP contribution in [0.3, 0.4) is 0 Å². The van der Waals surface area contributed by atoms with E-state index in [1.165, 1.54) is 0 Å². The SMILES string of the molecule is CCCCCOC(=O)OCCCOP(=O)(NC(C)C)OCCCOC(=O)OCCCCC. The molecule has 0 saturated heterocycles. The summed E-state index contributed by atoms with van der Waals surface area (Å²) in [5.74, 6) is 0. The first-order valence-corrected chi connectivity index (χ1v) is 13.1. The minimum absolute atomic E-state index is 0.0701. The van der Waals surface area contributed by atoms with Gasteiger partial charge in [-0.2, -0.15) is 0 Å². The second-order valence-electron chi connectivity index (χ2n) is 7.46. The Morgan fingerprint density at radius 1 is 0.656 bits per heavy atom. The monoisotopic (exact) mass is 483 g/mol. The average molecular weight is 484 g/mol. The van der Waals surface area contributed by atoms with Crippen LogP contribution in [0.1, 0.15) is 79.1 Å². The number of hydrogen-bond acceptors (Lipinski definition) is 9. The van der Waals surface area contributed by atoms with Gasteiger partial charge in [-0.25, -0.2) is 19.2 Å². The van der Waals surface area contributed by atoms with Crippen LogP contribution in [-0.4, -0.2) is 58.0 Å². The molecule has 0 aliphatic heterocycles. The lowest BCUT2D eigenvalue weighted by atomic mass is 10.3. The summed E-state index contributed by atoms with van der Waals surface area (Å²) in [5, 5.41) is 2.78. The second-order valence-corrected chi connectivity index (χ2v) is 9.23. The molecule has 10 nitrogen and oxygen atoms in total. The number of hydrogen-bond donors (Lipinski definition) is 1. The second kappa shape index (κ2) is 20.3. The van der Waals surface area contributed by atoms with Crippen molar-refractivity contribution in [2.75, 3.05) is 39.6 Å². The van der Waals surface area contributed by atoms with E-state index < -0.39 is 20.1 Å². The topological polar surface area (TPSA) is 119 Å². The minimum atomic E-state index is -3.55. The Hall–Kier alpha value is -1.35. The highest BCUT2D eigenvalue weighted by Crippen LogP contribution is 2.44. The van der Waals surface area contributed by atoms with Crippen LogP contribution in [-0.2, 0) is 32.6 Å². The first-order chi connectivity index (χ1) is 15.3. The third-order valence-electron chi connectivity index (χ3n) is 3.89. The zero-order valence-corrected chi connectivity index (χ0v) is 21.0. The van der Waals surface area contributed by atoms with Crippen molar-refractivity contribution in [2.24, 2.45) is 0 Å². The zero-order chi connectivity index (χ0) is 24.1. The fraction of sp³-hybridized carbons (Fsp3) is 0.905. The lowest BCUT2D eigenvalue weighted by Crippen LogP contribution is -2.23. The molecule has 0 aliphatic carbocycles. The molecule has 0 aromatic rings. The van der Waals surface area contributed by atoms with Crippen LogP contribution in [0.2, 0.25) is 0 Å². The van der Waals surface area contributed by atoms with Gasteiger partial charge in [0.15, 0.2) is 0 Å². The molecule has 0 heterocycles. The van der Waals surface area contributed by atoms with Crippen LogP contribution >= 0.6 is 7.75 Å². The molecule has 0 rings (SSSR count). The van der Waals surface area contributed by atoms with Gasteiger partial charge in [-0.3, -0.25) is 9.05 Å². The van der Waals surface area contributed by atoms with E-state index in [0.29, 0.717) is 26.1 Å². The van der Waals surface area contributed by atoms with Gasteiger partial charge in [0, 0.05) is 18.9 Å². The number of ether oxygens (including phenoxy) is 4. The smallest absolute Gasteiger partial charge is 0.434 e. The summed E-state index contributed by atoms with van der Waals surface area (Å²) in [6.07, 6.45) is 4.93. The molecule has 190 valence electrons. The van der Waals surface area contributed by atoms with Crippen LogP contribution in [0.5, 0.6) is 0 Å². The maximum atomic E-state index is 12.8. The summed E-state index contributed by atoms with van der Waals surface area (Å²) >= 11 is 0. The molecule has 11 heteroatoms. The van der Waals surface area contributed by atoms with E-state index in [1.807, 2.05) is 13.8 Å². The van der Waals surface area contributed by atoms with Crippen molar-refractivity contribution in [3.8, 4) is 0 Å². The van der Waals surface area contributed by atoms with Gasteiger partial charge in [0.2, 0.25) is 0 Å². The first kappa shape index (κ1) is 30.6. The van der Waals surface area contributed by atoms with Crippen molar-refractivity contribution >= 4 is 20.1 Å². The molecule has 0 aromatic heterocycles. The van der Waals surface area contributed by atoms with E-state index in [9.17, 15) is 14.2 Å². The van der Waals surface area contributed by atoms with Crippen LogP contribution in [0.4, 0.5) is 9.59 Å². The molecule has 0 bridgehead atoms. The van der Waals surface area contributed by atoms with E-state index in [-0.39, 0.29) is 32.5 Å². The van der Waals surface area contributed by atoms with E-state index in [4.69, 9.17) is 28.0 Å². The van der Waals surface area contributed by atoms with Crippen molar-refractivity contribution in [3.05, 3.63) is 0 Å². The normalized spacial score (nSPS) is 11.4. The van der Waals surface area contributed by atoms with Crippen LogP contribution in [0.25, 0.3) is 0 Å². The quantitative estimate of drug-likeness (QED) is 0.133. The predicted molar refractivity (Wildman–Crippen MR) is 121 cm³/mol. The van der Waals surface area contributed by atoms with Gasteiger partial charge in [-0.05, 0) is 26.7 Å². The Kier molecular flexibility index (Phi) is 19.4. The van der Waals surface area contributed by atoms with Gasteiger partial charge in [-0.15, -0.1) is 0 Å². The summed E-state index contributed by atoms with van der Waals surface area (Å²) in [4.78, 5) is 22.9. The van der Waals surface area contributed by atoms with Gasteiger partial charge in [0.1, 0.15) is 0 Å². The Labute approximate surface area is 192 Å². The summed E-state index contributed by atoms with van der Waals surface area (Å²) in [6.45, 7) is 8.75. The molecule has 0 saturated carbocycles. The largest absolute Gasteiger partial charge is 0.508 e. The fourth-order valence-electron chi connectivity index (χ4n) is 2.32. The third-order valence-corrected chi connectivity index (χ3v) is 5.77. The van der Waals surface area contributed by atoms with E-state index in [1.54, 1.807) is 0 Å². The van der Waals surface area contributed by atoms with Crippen molar-refractivity contribution in [1.29, 1.82) is 0 Å². The van der Waals surface area contributed by atoms with Crippen LogP contribution in [0.15, 0.2) is 0 Å². The fourth-order valence-corrected chi connectivity index (χ4v) is 3.92. The van der Waals surface area contributed by atoms with Gasteiger partial charge in [-0.1, -0.05) is 39.5 Å². The average Bonchev–Trinajstić information content (AvgIpc) is 2.73. The summed E-state index contributed by atoms with van der Waals surface area (Å²) in [7, 11) is -3.55. The number of carbonyl (C=O) groups is 2. The standard InChI is InChI=1S/C21H42NO9P/c1-5-7-9-13-26-20(23)28-15-11-17-30-32(25,22-19(3)4)31-18-12-16-29-21(24)27-14-10-8-6-2/h19H,5-18H2,1-4H3,(H,22,25). The highest BCUT2D eigenvalue weighted by molar-refractivity contribution is 7.51. The van der Waals surface area contributed by atoms with E-state index in [2.05, 4.69) is 18.9 Å². The molecule has 0 spiro atoms. The lowest BCUT2D eigenvalue weighted by Gasteiger charge is -2.21. The molecule has 0 aromatic carbocycles. The molecule has 32 heavy (non-hydrogen) atoms. The molecule has 0 unspecified atom stereocenters. The Morgan fingerprint density at radius 2 is 1.03 bits per heavy atom. The Bertz CT molecular complexity index is 493. The highest BCUT2D eigenvalue weighted by atomic mass is 31.2. The maximum Gasteiger partial charge on any atom is 0.508 e. The Morgan fingerprint density at radius 3 is 1.38 bits per heavy atom. The molecule has 0 fully saturated rings. The van der Waals surface area contributed by atoms with Gasteiger partial charge >= 0.3 is 20.1 Å². The number of carbonyl (C=O) groups excluding carboxylic acids is 2. The summed E-state index contributed by atoms with van der Waals surface area (Å²) in [6, 6.07) is -0.135. The van der Waals surface area contributed by atoms with Crippen molar-refractivity contribution in [2.45, 2.75) is 85.1 Å². The van der Waals surface area contributed by atoms with E-state index >= 15 is 0 Å². The first-order valence-electron chi connectivity index (χ1n) is 11.6. The van der Waals surface area contributed by atoms with Gasteiger partial charge in [0.05, 0.1) is 39.6 Å². The predicted octanol–water partition coefficient (Wildman–Crippen LogP) is 5.59. The van der Waals surface area contributed by atoms with E-state index in [0.717, 1.165) is 38.5 Å². The lowest BCUT2D eigenvalue weighted by molar-refractivity contribution is 0.0494. The number of nitrogens with one attached hydrogen (secondary N) is 1. The maximum absolute atomic E-state index is 12.8. The third kappa shape index (κ3) is 19.3. The molecule has 0 aliphatic rings. The van der Waals surface area contributed by atoms with Crippen molar-refractivity contribution < 1.29 is 42.1 Å². The van der Waals surface area contributed by atoms with Crippen molar-refractivity contribution in [3.63, 3.8) is 0 Å². The summed E-state index contributed by atoms with van der Waals surface area (Å²) in [5.41, 5.74) is 0. The summed E-state index contributed by atoms with van der Waals surface area (Å²) < 4.78 is 43.3. The van der Waals surface area contributed by atoms with Gasteiger partial charge in [0.25, 0.3) is 0 Å². The Balaban J connectivity index is 4.01. The molecule has 0 amide bonds. The number of rotatable bonds is 20. The van der Waals surface area contributed by atoms with Crippen LogP contribution < -0.4 is 5.09 Å². The molecule has 0 radical (unpaired) electrons. The van der Waals surface area contributed by atoms with Crippen molar-refractivity contribution in [1.82, 2.24) is 5.09 Å². The molecule has 0 atom stereocenters. The van der Waals surface area contributed by atoms with Gasteiger partial charge < -0.3 is 18.9 Å². The number of unbranched alkanes of at least 4 members (excludes halogenated alkanes) is 4. The molecular formula is C21H42NO9P. The highest BCUT2D eigenvalue weighted by Gasteiger charge is 2.25. The molecular weight excluding hydrogens is 441 g/mol. The molecule has 1 N–H and O–H groups in total. The minimum Gasteiger partial charge on any atom is -0.434 e.